The molecule has 8 heterocycles. The van der Waals surface area contributed by atoms with Gasteiger partial charge in [-0.3, -0.25) is 19.2 Å². The molecule has 0 spiro atoms. The van der Waals surface area contributed by atoms with Gasteiger partial charge in [-0.2, -0.15) is 0 Å². The number of thiophene rings is 2. The standard InChI is InChI=1S/C22H20N2O5S.C19H18N2O4S.C3H3ClO/c1-2-19(26)24-7-10-28-18-4-3-14(11-16(18)24)15-13-30-22-17(25)12-20(29-21(15)22)23-5-8-27-9-6-23;22-15-10-17(21-4-7-23-8-5-21)25-18-13(11-26-19(15)18)12-1-2-16-14(9-12)20-3-6-24-16;1-2-3(4)5/h2-4,11-13H,1,5-10H2;1-2,9-11,20H,3-8H2;2H,1H2. The molecule has 4 aliphatic rings. The molecule has 0 bridgehead atoms. The summed E-state index contributed by atoms with van der Waals surface area (Å²) in [5.41, 5.74) is 6.45. The number of ether oxygens (including phenoxy) is 4. The first-order chi connectivity index (χ1) is 29.7. The van der Waals surface area contributed by atoms with Crippen molar-refractivity contribution in [3.8, 4) is 33.8 Å². The third kappa shape index (κ3) is 9.09. The second-order valence-electron chi connectivity index (χ2n) is 13.9. The number of amides is 1. The normalized spacial score (nSPS) is 15.7. The van der Waals surface area contributed by atoms with E-state index in [0.29, 0.717) is 103 Å². The summed E-state index contributed by atoms with van der Waals surface area (Å²) in [5.74, 6) is 2.50. The van der Waals surface area contributed by atoms with Crippen molar-refractivity contribution in [1.82, 2.24) is 0 Å². The first kappa shape index (κ1) is 41.8. The van der Waals surface area contributed by atoms with Crippen LogP contribution in [0.3, 0.4) is 0 Å². The van der Waals surface area contributed by atoms with E-state index >= 15 is 0 Å². The predicted molar refractivity (Wildman–Crippen MR) is 241 cm³/mol. The minimum atomic E-state index is -0.509. The molecule has 0 atom stereocenters. The van der Waals surface area contributed by atoms with Crippen LogP contribution in [0, 0.1) is 0 Å². The van der Waals surface area contributed by atoms with Crippen molar-refractivity contribution in [1.29, 1.82) is 0 Å². The van der Waals surface area contributed by atoms with Crippen molar-refractivity contribution in [2.45, 2.75) is 0 Å². The average Bonchev–Trinajstić information content (AvgIpc) is 3.95. The van der Waals surface area contributed by atoms with E-state index in [1.807, 2.05) is 46.0 Å². The summed E-state index contributed by atoms with van der Waals surface area (Å²) in [6.45, 7) is 14.4. The van der Waals surface area contributed by atoms with E-state index in [1.54, 1.807) is 17.0 Å². The van der Waals surface area contributed by atoms with E-state index < -0.39 is 5.24 Å². The number of hydrogen-bond acceptors (Lipinski definition) is 15. The highest BCUT2D eigenvalue weighted by molar-refractivity contribution is 7.18. The Morgan fingerprint density at radius 2 is 1.20 bits per heavy atom. The molecule has 4 aromatic heterocycles. The summed E-state index contributed by atoms with van der Waals surface area (Å²) in [4.78, 5) is 52.8. The molecule has 316 valence electrons. The van der Waals surface area contributed by atoms with E-state index in [9.17, 15) is 19.2 Å². The number of morpholine rings is 2. The van der Waals surface area contributed by atoms with Crippen LogP contribution in [-0.4, -0.2) is 90.1 Å². The number of allylic oxidation sites excluding steroid dienone is 1. The molecule has 2 saturated heterocycles. The van der Waals surface area contributed by atoms with Crippen LogP contribution in [0.5, 0.6) is 11.5 Å². The molecular formula is C44H41ClN4O10S2. The fourth-order valence-electron chi connectivity index (χ4n) is 7.17. The zero-order valence-corrected chi connectivity index (χ0v) is 35.3. The van der Waals surface area contributed by atoms with Gasteiger partial charge in [0.15, 0.2) is 22.9 Å². The Morgan fingerprint density at radius 3 is 1.74 bits per heavy atom. The molecule has 2 aromatic carbocycles. The van der Waals surface area contributed by atoms with Gasteiger partial charge in [-0.25, -0.2) is 0 Å². The zero-order valence-electron chi connectivity index (χ0n) is 32.9. The Balaban J connectivity index is 0.000000153. The lowest BCUT2D eigenvalue weighted by Gasteiger charge is -2.29. The summed E-state index contributed by atoms with van der Waals surface area (Å²) >= 11 is 7.49. The molecule has 1 amide bonds. The van der Waals surface area contributed by atoms with Gasteiger partial charge in [0.05, 0.1) is 44.3 Å². The van der Waals surface area contributed by atoms with Crippen LogP contribution in [0.15, 0.2) is 103 Å². The van der Waals surface area contributed by atoms with Crippen LogP contribution in [0.4, 0.5) is 23.1 Å². The Bertz CT molecular complexity index is 2730. The van der Waals surface area contributed by atoms with E-state index in [0.717, 1.165) is 59.4 Å². The molecule has 0 unspecified atom stereocenters. The molecule has 61 heavy (non-hydrogen) atoms. The maximum atomic E-state index is 12.7. The first-order valence-electron chi connectivity index (χ1n) is 19.5. The fraction of sp³-hybridized carbons (Fsp3) is 0.273. The second-order valence-corrected chi connectivity index (χ2v) is 16.1. The highest BCUT2D eigenvalue weighted by Crippen LogP contribution is 2.41. The number of nitrogens with zero attached hydrogens (tertiary/aromatic N) is 3. The average molecular weight is 885 g/mol. The molecule has 14 nitrogen and oxygen atoms in total. The largest absolute Gasteiger partial charge is 0.490 e. The summed E-state index contributed by atoms with van der Waals surface area (Å²) < 4.78 is 35.8. The van der Waals surface area contributed by atoms with E-state index in [-0.39, 0.29) is 16.8 Å². The van der Waals surface area contributed by atoms with Crippen LogP contribution in [0.2, 0.25) is 0 Å². The third-order valence-corrected chi connectivity index (χ3v) is 12.3. The van der Waals surface area contributed by atoms with Crippen LogP contribution < -0.4 is 40.3 Å². The van der Waals surface area contributed by atoms with E-state index in [4.69, 9.17) is 39.4 Å². The summed E-state index contributed by atoms with van der Waals surface area (Å²) in [6.07, 6.45) is 2.34. The molecule has 0 saturated carbocycles. The maximum absolute atomic E-state index is 12.7. The Morgan fingerprint density at radius 1 is 0.672 bits per heavy atom. The number of hydrogen-bond donors (Lipinski definition) is 1. The Labute approximate surface area is 362 Å². The van der Waals surface area contributed by atoms with Gasteiger partial charge in [-0.1, -0.05) is 25.3 Å². The smallest absolute Gasteiger partial charge is 0.250 e. The molecule has 17 heteroatoms. The first-order valence-corrected chi connectivity index (χ1v) is 21.7. The van der Waals surface area contributed by atoms with Crippen molar-refractivity contribution in [2.24, 2.45) is 0 Å². The number of halogens is 1. The highest BCUT2D eigenvalue weighted by atomic mass is 35.5. The summed E-state index contributed by atoms with van der Waals surface area (Å²) in [7, 11) is 0. The molecule has 0 radical (unpaired) electrons. The lowest BCUT2D eigenvalue weighted by Crippen LogP contribution is -2.36. The summed E-state index contributed by atoms with van der Waals surface area (Å²) in [6, 6.07) is 14.8. The van der Waals surface area contributed by atoms with Gasteiger partial charge in [-0.05, 0) is 59.1 Å². The molecule has 1 N–H and O–H groups in total. The van der Waals surface area contributed by atoms with Crippen molar-refractivity contribution in [3.63, 3.8) is 0 Å². The molecule has 2 fully saturated rings. The van der Waals surface area contributed by atoms with Gasteiger partial charge in [0.1, 0.15) is 34.1 Å². The van der Waals surface area contributed by atoms with Crippen molar-refractivity contribution >= 4 is 89.1 Å². The molecular weight excluding hydrogens is 844 g/mol. The number of carbonyl (C=O) groups is 2. The number of rotatable bonds is 6. The quantitative estimate of drug-likeness (QED) is 0.131. The van der Waals surface area contributed by atoms with Gasteiger partial charge >= 0.3 is 0 Å². The summed E-state index contributed by atoms with van der Waals surface area (Å²) in [5, 5.41) is 6.75. The minimum Gasteiger partial charge on any atom is -0.490 e. The number of nitrogens with one attached hydrogen (secondary N) is 1. The second kappa shape index (κ2) is 18.8. The van der Waals surface area contributed by atoms with E-state index in [1.165, 1.54) is 28.7 Å². The zero-order chi connectivity index (χ0) is 42.5. The van der Waals surface area contributed by atoms with Crippen molar-refractivity contribution < 1.29 is 37.4 Å². The van der Waals surface area contributed by atoms with Gasteiger partial charge in [-0.15, -0.1) is 22.7 Å². The Kier molecular flexibility index (Phi) is 12.9. The van der Waals surface area contributed by atoms with Gasteiger partial charge in [0.2, 0.25) is 16.1 Å². The predicted octanol–water partition coefficient (Wildman–Crippen LogP) is 7.37. The van der Waals surface area contributed by atoms with Gasteiger partial charge in [0.25, 0.3) is 5.91 Å². The lowest BCUT2D eigenvalue weighted by atomic mass is 10.1. The van der Waals surface area contributed by atoms with Crippen LogP contribution in [0.25, 0.3) is 42.8 Å². The number of fused-ring (bicyclic) bond motifs is 4. The Hall–Kier alpha value is -5.91. The van der Waals surface area contributed by atoms with Crippen molar-refractivity contribution in [2.75, 3.05) is 98.9 Å². The van der Waals surface area contributed by atoms with E-state index in [2.05, 4.69) is 29.4 Å². The molecule has 0 aliphatic carbocycles. The molecule has 6 aromatic rings. The molecule has 4 aliphatic heterocycles. The van der Waals surface area contributed by atoms with Crippen LogP contribution in [0.1, 0.15) is 0 Å². The number of carbonyl (C=O) groups excluding carboxylic acids is 2. The topological polar surface area (TPSA) is 153 Å². The number of benzene rings is 2. The third-order valence-electron chi connectivity index (χ3n) is 10.2. The monoisotopic (exact) mass is 884 g/mol. The maximum Gasteiger partial charge on any atom is 0.250 e. The number of anilines is 4. The van der Waals surface area contributed by atoms with Crippen LogP contribution >= 0.6 is 34.3 Å². The SMILES string of the molecule is C=CC(=O)Cl.C=CC(=O)N1CCOc2ccc(-c3csc4c(=O)cc(N5CCOCC5)oc34)cc21.O=c1cc(N2CCOCC2)oc2c(-c3ccc4c(c3)NCCO4)csc12. The molecule has 10 rings (SSSR count). The fourth-order valence-corrected chi connectivity index (χ4v) is 9.00. The van der Waals surface area contributed by atoms with Gasteiger partial charge < -0.3 is 47.8 Å². The lowest BCUT2D eigenvalue weighted by molar-refractivity contribution is -0.114. The van der Waals surface area contributed by atoms with Crippen molar-refractivity contribution in [3.05, 3.63) is 105 Å². The minimum absolute atomic E-state index is 0.00316. The van der Waals surface area contributed by atoms with Crippen LogP contribution in [-0.2, 0) is 19.1 Å². The van der Waals surface area contributed by atoms with Gasteiger partial charge in [0, 0.05) is 66.7 Å². The highest BCUT2D eigenvalue weighted by Gasteiger charge is 2.25.